The van der Waals surface area contributed by atoms with Gasteiger partial charge in [-0.25, -0.2) is 0 Å². The average Bonchev–Trinajstić information content (AvgIpc) is 2.62. The van der Waals surface area contributed by atoms with E-state index >= 15 is 0 Å². The molecule has 2 fully saturated rings. The second kappa shape index (κ2) is 8.91. The standard InChI is InChI=1S/C20H31N3O2S/c1-4-10-23-15-6-5-7-16(23)12-14(11-15)21-20(26)22-18-9-8-17(24-2)13-19(18)25-3/h8-9,13-16H,4-7,10-12H2,1-3H3,(H2,21,22,26)/t15-,16-/m1/s1. The maximum Gasteiger partial charge on any atom is 0.171 e. The third-order valence-electron chi connectivity index (χ3n) is 5.60. The summed E-state index contributed by atoms with van der Waals surface area (Å²) in [6.07, 6.45) is 7.61. The first-order valence-corrected chi connectivity index (χ1v) is 10.1. The van der Waals surface area contributed by atoms with Gasteiger partial charge in [0.1, 0.15) is 11.5 Å². The van der Waals surface area contributed by atoms with Crippen LogP contribution >= 0.6 is 12.2 Å². The minimum atomic E-state index is 0.447. The van der Waals surface area contributed by atoms with Crippen LogP contribution in [0.4, 0.5) is 5.69 Å². The molecular weight excluding hydrogens is 346 g/mol. The van der Waals surface area contributed by atoms with Crippen LogP contribution in [0, 0.1) is 0 Å². The number of ether oxygens (including phenoxy) is 2. The highest BCUT2D eigenvalue weighted by molar-refractivity contribution is 7.80. The van der Waals surface area contributed by atoms with E-state index < -0.39 is 0 Å². The predicted molar refractivity (Wildman–Crippen MR) is 110 cm³/mol. The molecule has 1 aromatic rings. The molecule has 0 aliphatic carbocycles. The van der Waals surface area contributed by atoms with E-state index in [9.17, 15) is 0 Å². The zero-order chi connectivity index (χ0) is 18.5. The number of fused-ring (bicyclic) bond motifs is 2. The Morgan fingerprint density at radius 2 is 1.92 bits per heavy atom. The number of benzene rings is 1. The van der Waals surface area contributed by atoms with Gasteiger partial charge in [0.2, 0.25) is 0 Å². The molecular formula is C20H31N3O2S. The summed E-state index contributed by atoms with van der Waals surface area (Å²) in [5, 5.41) is 7.50. The van der Waals surface area contributed by atoms with Gasteiger partial charge in [-0.3, -0.25) is 4.90 Å². The van der Waals surface area contributed by atoms with Crippen molar-refractivity contribution in [3.8, 4) is 11.5 Å². The minimum absolute atomic E-state index is 0.447. The third-order valence-corrected chi connectivity index (χ3v) is 5.82. The Hall–Kier alpha value is -1.53. The van der Waals surface area contributed by atoms with Gasteiger partial charge in [0.15, 0.2) is 5.11 Å². The van der Waals surface area contributed by atoms with Crippen LogP contribution in [0.15, 0.2) is 18.2 Å². The molecule has 0 aromatic heterocycles. The minimum Gasteiger partial charge on any atom is -0.497 e. The van der Waals surface area contributed by atoms with E-state index in [-0.39, 0.29) is 0 Å². The first kappa shape index (κ1) is 19.2. The van der Waals surface area contributed by atoms with Crippen molar-refractivity contribution in [2.45, 2.75) is 63.6 Å². The maximum absolute atomic E-state index is 5.58. The Kier molecular flexibility index (Phi) is 6.59. The van der Waals surface area contributed by atoms with Crippen LogP contribution in [0.5, 0.6) is 11.5 Å². The zero-order valence-corrected chi connectivity index (χ0v) is 16.9. The Bertz CT molecular complexity index is 611. The average molecular weight is 378 g/mol. The summed E-state index contributed by atoms with van der Waals surface area (Å²) in [5.41, 5.74) is 0.856. The second-order valence-electron chi connectivity index (χ2n) is 7.31. The summed E-state index contributed by atoms with van der Waals surface area (Å²) in [6.45, 7) is 3.51. The topological polar surface area (TPSA) is 45.8 Å². The quantitative estimate of drug-likeness (QED) is 0.736. The highest BCUT2D eigenvalue weighted by Gasteiger charge is 2.37. The van der Waals surface area contributed by atoms with E-state index in [0.717, 1.165) is 17.2 Å². The molecule has 0 radical (unpaired) electrons. The fourth-order valence-corrected chi connectivity index (χ4v) is 4.74. The number of nitrogens with one attached hydrogen (secondary N) is 2. The molecule has 0 unspecified atom stereocenters. The largest absolute Gasteiger partial charge is 0.497 e. The highest BCUT2D eigenvalue weighted by atomic mass is 32.1. The van der Waals surface area contributed by atoms with Gasteiger partial charge in [-0.2, -0.15) is 0 Å². The van der Waals surface area contributed by atoms with Crippen LogP contribution in [0.25, 0.3) is 0 Å². The van der Waals surface area contributed by atoms with Crippen LogP contribution < -0.4 is 20.1 Å². The third kappa shape index (κ3) is 4.41. The van der Waals surface area contributed by atoms with Gasteiger partial charge < -0.3 is 20.1 Å². The first-order chi connectivity index (χ1) is 12.6. The Morgan fingerprint density at radius 1 is 1.19 bits per heavy atom. The van der Waals surface area contributed by atoms with Crippen molar-refractivity contribution in [3.05, 3.63) is 18.2 Å². The SMILES string of the molecule is CCCN1[C@@H]2CCC[C@@H]1CC(NC(=S)Nc1ccc(OC)cc1OC)C2. The molecule has 0 amide bonds. The number of piperidine rings is 2. The van der Waals surface area contributed by atoms with E-state index in [1.54, 1.807) is 14.2 Å². The molecule has 1 aromatic carbocycles. The summed E-state index contributed by atoms with van der Waals surface area (Å²) < 4.78 is 10.7. The monoisotopic (exact) mass is 377 g/mol. The number of anilines is 1. The number of nitrogens with zero attached hydrogens (tertiary/aromatic N) is 1. The molecule has 144 valence electrons. The van der Waals surface area contributed by atoms with Gasteiger partial charge in [0.25, 0.3) is 0 Å². The van der Waals surface area contributed by atoms with Gasteiger partial charge in [0, 0.05) is 24.2 Å². The van der Waals surface area contributed by atoms with E-state index in [0.29, 0.717) is 23.2 Å². The van der Waals surface area contributed by atoms with Crippen molar-refractivity contribution in [3.63, 3.8) is 0 Å². The molecule has 2 atom stereocenters. The van der Waals surface area contributed by atoms with Crippen LogP contribution in [-0.4, -0.2) is 48.9 Å². The molecule has 2 bridgehead atoms. The second-order valence-corrected chi connectivity index (χ2v) is 7.72. The fourth-order valence-electron chi connectivity index (χ4n) is 4.47. The fraction of sp³-hybridized carbons (Fsp3) is 0.650. The lowest BCUT2D eigenvalue weighted by atomic mass is 9.81. The van der Waals surface area contributed by atoms with Gasteiger partial charge in [0.05, 0.1) is 19.9 Å². The molecule has 0 saturated carbocycles. The molecule has 2 aliphatic rings. The summed E-state index contributed by atoms with van der Waals surface area (Å²) in [5.74, 6) is 1.49. The lowest BCUT2D eigenvalue weighted by molar-refractivity contribution is 0.0284. The molecule has 26 heavy (non-hydrogen) atoms. The summed E-state index contributed by atoms with van der Waals surface area (Å²) in [6, 6.07) is 7.56. The van der Waals surface area contributed by atoms with Gasteiger partial charge >= 0.3 is 0 Å². The molecule has 6 heteroatoms. The molecule has 2 heterocycles. The van der Waals surface area contributed by atoms with Crippen LogP contribution in [0.3, 0.4) is 0 Å². The van der Waals surface area contributed by atoms with Crippen molar-refractivity contribution >= 4 is 23.0 Å². The predicted octanol–water partition coefficient (Wildman–Crippen LogP) is 3.79. The van der Waals surface area contributed by atoms with Crippen molar-refractivity contribution < 1.29 is 9.47 Å². The van der Waals surface area contributed by atoms with E-state index in [1.165, 1.54) is 45.1 Å². The van der Waals surface area contributed by atoms with E-state index in [1.807, 2.05) is 18.2 Å². The number of hydrogen-bond acceptors (Lipinski definition) is 4. The molecule has 2 N–H and O–H groups in total. The summed E-state index contributed by atoms with van der Waals surface area (Å²) in [4.78, 5) is 2.74. The zero-order valence-electron chi connectivity index (χ0n) is 16.1. The first-order valence-electron chi connectivity index (χ1n) is 9.69. The number of thiocarbonyl (C=S) groups is 1. The lowest BCUT2D eigenvalue weighted by Crippen LogP contribution is -2.57. The van der Waals surface area contributed by atoms with Gasteiger partial charge in [-0.05, 0) is 63.0 Å². The normalized spacial score (nSPS) is 25.4. The van der Waals surface area contributed by atoms with Gasteiger partial charge in [-0.15, -0.1) is 0 Å². The number of methoxy groups -OCH3 is 2. The maximum atomic E-state index is 5.58. The molecule has 3 rings (SSSR count). The van der Waals surface area contributed by atoms with Crippen molar-refractivity contribution in [1.29, 1.82) is 0 Å². The Labute approximate surface area is 162 Å². The Balaban J connectivity index is 1.59. The smallest absolute Gasteiger partial charge is 0.171 e. The van der Waals surface area contributed by atoms with Crippen molar-refractivity contribution in [2.24, 2.45) is 0 Å². The summed E-state index contributed by atoms with van der Waals surface area (Å²) in [7, 11) is 3.30. The van der Waals surface area contributed by atoms with Crippen molar-refractivity contribution in [1.82, 2.24) is 10.2 Å². The highest BCUT2D eigenvalue weighted by Crippen LogP contribution is 2.34. The van der Waals surface area contributed by atoms with Crippen molar-refractivity contribution in [2.75, 3.05) is 26.1 Å². The van der Waals surface area contributed by atoms with Crippen LogP contribution in [0.2, 0.25) is 0 Å². The van der Waals surface area contributed by atoms with Crippen LogP contribution in [0.1, 0.15) is 45.4 Å². The van der Waals surface area contributed by atoms with Gasteiger partial charge in [-0.1, -0.05) is 13.3 Å². The lowest BCUT2D eigenvalue weighted by Gasteiger charge is -2.49. The number of hydrogen-bond donors (Lipinski definition) is 2. The molecule has 2 aliphatic heterocycles. The Morgan fingerprint density at radius 3 is 2.54 bits per heavy atom. The van der Waals surface area contributed by atoms with Crippen LogP contribution in [-0.2, 0) is 0 Å². The summed E-state index contributed by atoms with van der Waals surface area (Å²) >= 11 is 5.58. The molecule has 2 saturated heterocycles. The van der Waals surface area contributed by atoms with E-state index in [4.69, 9.17) is 21.7 Å². The molecule has 5 nitrogen and oxygen atoms in total. The van der Waals surface area contributed by atoms with E-state index in [2.05, 4.69) is 22.5 Å². The number of rotatable bonds is 6. The molecule has 0 spiro atoms.